The Labute approximate surface area is 80.8 Å². The molecule has 76 valence electrons. The molecule has 0 aromatic carbocycles. The number of nitrogens with two attached hydrogens (primary N) is 1. The van der Waals surface area contributed by atoms with Crippen molar-refractivity contribution < 1.29 is 13.6 Å². The second-order valence-corrected chi connectivity index (χ2v) is 2.99. The van der Waals surface area contributed by atoms with Gasteiger partial charge in [-0.05, 0) is 12.5 Å². The monoisotopic (exact) mass is 199 g/mol. The van der Waals surface area contributed by atoms with E-state index in [1.54, 1.807) is 6.92 Å². The van der Waals surface area contributed by atoms with Gasteiger partial charge in [0.2, 0.25) is 5.78 Å². The van der Waals surface area contributed by atoms with Gasteiger partial charge >= 0.3 is 5.92 Å². The van der Waals surface area contributed by atoms with Crippen molar-refractivity contribution in [3.05, 3.63) is 36.0 Å². The van der Waals surface area contributed by atoms with Gasteiger partial charge in [0.05, 0.1) is 0 Å². The van der Waals surface area contributed by atoms with Gasteiger partial charge in [-0.2, -0.15) is 8.78 Å². The summed E-state index contributed by atoms with van der Waals surface area (Å²) >= 11 is 0. The van der Waals surface area contributed by atoms with E-state index in [2.05, 4.69) is 6.58 Å². The summed E-state index contributed by atoms with van der Waals surface area (Å²) in [4.78, 5) is 11.2. The molecule has 0 amide bonds. The largest absolute Gasteiger partial charge is 0.328 e. The SMILES string of the molecule is C=C/C=C1/C(=O)C(F)(F)C(N)/C1=C/C. The smallest absolute Gasteiger partial charge is 0.319 e. The molecule has 0 saturated heterocycles. The van der Waals surface area contributed by atoms with E-state index >= 15 is 0 Å². The zero-order valence-electron chi connectivity index (χ0n) is 7.76. The summed E-state index contributed by atoms with van der Waals surface area (Å²) in [7, 11) is 0. The summed E-state index contributed by atoms with van der Waals surface area (Å²) in [6.45, 7) is 4.93. The fourth-order valence-electron chi connectivity index (χ4n) is 1.44. The molecule has 0 spiro atoms. The van der Waals surface area contributed by atoms with Gasteiger partial charge in [-0.1, -0.05) is 24.8 Å². The third-order valence-electron chi connectivity index (χ3n) is 2.18. The summed E-state index contributed by atoms with van der Waals surface area (Å²) < 4.78 is 26.3. The Morgan fingerprint density at radius 2 is 2.14 bits per heavy atom. The number of alkyl halides is 2. The Hall–Kier alpha value is -1.29. The first kappa shape index (κ1) is 10.8. The molecular formula is C10H11F2NO. The topological polar surface area (TPSA) is 43.1 Å². The highest BCUT2D eigenvalue weighted by atomic mass is 19.3. The van der Waals surface area contributed by atoms with E-state index in [1.165, 1.54) is 18.2 Å². The molecule has 0 heterocycles. The Balaban J connectivity index is 3.30. The van der Waals surface area contributed by atoms with Crippen molar-refractivity contribution in [2.45, 2.75) is 18.9 Å². The quantitative estimate of drug-likeness (QED) is 0.652. The molecule has 0 aromatic heterocycles. The van der Waals surface area contributed by atoms with Gasteiger partial charge in [0.25, 0.3) is 0 Å². The van der Waals surface area contributed by atoms with Gasteiger partial charge in [0, 0.05) is 5.57 Å². The fraction of sp³-hybridized carbons (Fsp3) is 0.300. The van der Waals surface area contributed by atoms with E-state index < -0.39 is 17.7 Å². The summed E-state index contributed by atoms with van der Waals surface area (Å²) in [5.74, 6) is -4.71. The third-order valence-corrected chi connectivity index (χ3v) is 2.18. The van der Waals surface area contributed by atoms with Crippen molar-refractivity contribution >= 4 is 5.78 Å². The summed E-state index contributed by atoms with van der Waals surface area (Å²) in [5.41, 5.74) is 5.40. The molecular weight excluding hydrogens is 188 g/mol. The first-order valence-corrected chi connectivity index (χ1v) is 4.14. The first-order valence-electron chi connectivity index (χ1n) is 4.14. The van der Waals surface area contributed by atoms with E-state index in [0.29, 0.717) is 0 Å². The number of halogens is 2. The van der Waals surface area contributed by atoms with E-state index in [1.807, 2.05) is 0 Å². The number of rotatable bonds is 1. The molecule has 1 atom stereocenters. The van der Waals surface area contributed by atoms with Crippen LogP contribution < -0.4 is 5.73 Å². The van der Waals surface area contributed by atoms with Crippen LogP contribution in [0.15, 0.2) is 36.0 Å². The number of hydrogen-bond donors (Lipinski definition) is 1. The minimum absolute atomic E-state index is 0.0417. The lowest BCUT2D eigenvalue weighted by Gasteiger charge is -2.11. The molecule has 4 heteroatoms. The van der Waals surface area contributed by atoms with Crippen LogP contribution in [0.2, 0.25) is 0 Å². The van der Waals surface area contributed by atoms with Crippen LogP contribution in [0.3, 0.4) is 0 Å². The zero-order valence-corrected chi connectivity index (χ0v) is 7.76. The first-order chi connectivity index (χ1) is 6.46. The molecule has 2 N–H and O–H groups in total. The van der Waals surface area contributed by atoms with Crippen molar-refractivity contribution in [1.29, 1.82) is 0 Å². The number of carbonyl (C=O) groups is 1. The Bertz CT molecular complexity index is 342. The molecule has 1 aliphatic rings. The van der Waals surface area contributed by atoms with Crippen LogP contribution >= 0.6 is 0 Å². The predicted octanol–water partition coefficient (Wildman–Crippen LogP) is 1.59. The molecule has 2 nitrogen and oxygen atoms in total. The maximum absolute atomic E-state index is 13.2. The molecule has 0 bridgehead atoms. The highest BCUT2D eigenvalue weighted by Gasteiger charge is 2.55. The maximum Gasteiger partial charge on any atom is 0.328 e. The van der Waals surface area contributed by atoms with Crippen molar-refractivity contribution in [2.24, 2.45) is 5.73 Å². The Morgan fingerprint density at radius 3 is 2.57 bits per heavy atom. The summed E-state index contributed by atoms with van der Waals surface area (Å²) in [5, 5.41) is 0. The molecule has 1 aliphatic carbocycles. The number of Topliss-reactive ketones (excluding diaryl/α,β-unsaturated/α-hetero) is 1. The molecule has 1 rings (SSSR count). The van der Waals surface area contributed by atoms with Gasteiger partial charge < -0.3 is 5.73 Å². The van der Waals surface area contributed by atoms with E-state index in [-0.39, 0.29) is 11.1 Å². The van der Waals surface area contributed by atoms with Gasteiger partial charge in [-0.25, -0.2) is 0 Å². The second kappa shape index (κ2) is 3.46. The lowest BCUT2D eigenvalue weighted by molar-refractivity contribution is -0.136. The Morgan fingerprint density at radius 1 is 1.57 bits per heavy atom. The lowest BCUT2D eigenvalue weighted by atomic mass is 10.1. The van der Waals surface area contributed by atoms with Gasteiger partial charge in [0.1, 0.15) is 6.04 Å². The molecule has 1 fully saturated rings. The minimum atomic E-state index is -3.49. The van der Waals surface area contributed by atoms with E-state index in [0.717, 1.165) is 0 Å². The van der Waals surface area contributed by atoms with Crippen molar-refractivity contribution in [3.63, 3.8) is 0 Å². The lowest BCUT2D eigenvalue weighted by Crippen LogP contribution is -2.40. The molecule has 0 aromatic rings. The highest BCUT2D eigenvalue weighted by Crippen LogP contribution is 2.38. The van der Waals surface area contributed by atoms with Crippen LogP contribution in [0, 0.1) is 0 Å². The number of allylic oxidation sites excluding steroid dienone is 3. The summed E-state index contributed by atoms with van der Waals surface area (Å²) in [6.07, 6.45) is 3.99. The number of carbonyl (C=O) groups excluding carboxylic acids is 1. The van der Waals surface area contributed by atoms with Crippen LogP contribution in [0.1, 0.15) is 6.92 Å². The molecule has 0 radical (unpaired) electrons. The second-order valence-electron chi connectivity index (χ2n) is 2.99. The van der Waals surface area contributed by atoms with Gasteiger partial charge in [-0.15, -0.1) is 0 Å². The standard InChI is InChI=1S/C10H11F2NO/c1-3-5-7-6(4-2)8(13)10(11,12)9(7)14/h3-5,8H,1,13H2,2H3/b6-4+,7-5+. The van der Waals surface area contributed by atoms with E-state index in [4.69, 9.17) is 5.73 Å². The van der Waals surface area contributed by atoms with Crippen LogP contribution in [-0.4, -0.2) is 17.7 Å². The highest BCUT2D eigenvalue weighted by molar-refractivity contribution is 6.09. The average molecular weight is 199 g/mol. The van der Waals surface area contributed by atoms with Gasteiger partial charge in [-0.3, -0.25) is 4.79 Å². The van der Waals surface area contributed by atoms with Crippen LogP contribution in [0.5, 0.6) is 0 Å². The minimum Gasteiger partial charge on any atom is -0.319 e. The zero-order chi connectivity index (χ0) is 10.9. The third kappa shape index (κ3) is 1.32. The van der Waals surface area contributed by atoms with E-state index in [9.17, 15) is 13.6 Å². The van der Waals surface area contributed by atoms with Crippen molar-refractivity contribution in [2.75, 3.05) is 0 Å². The number of hydrogen-bond acceptors (Lipinski definition) is 2. The Kier molecular flexibility index (Phi) is 2.66. The molecule has 14 heavy (non-hydrogen) atoms. The van der Waals surface area contributed by atoms with Crippen LogP contribution in [0.25, 0.3) is 0 Å². The predicted molar refractivity (Wildman–Crippen MR) is 50.0 cm³/mol. The maximum atomic E-state index is 13.2. The summed E-state index contributed by atoms with van der Waals surface area (Å²) in [6, 6.07) is -1.54. The van der Waals surface area contributed by atoms with Crippen molar-refractivity contribution in [1.82, 2.24) is 0 Å². The van der Waals surface area contributed by atoms with Crippen LogP contribution in [-0.2, 0) is 4.79 Å². The van der Waals surface area contributed by atoms with Gasteiger partial charge in [0.15, 0.2) is 0 Å². The fourth-order valence-corrected chi connectivity index (χ4v) is 1.44. The average Bonchev–Trinajstić information content (AvgIpc) is 2.29. The number of ketones is 1. The molecule has 1 saturated carbocycles. The normalized spacial score (nSPS) is 31.4. The van der Waals surface area contributed by atoms with Crippen LogP contribution in [0.4, 0.5) is 8.78 Å². The molecule has 1 unspecified atom stereocenters. The van der Waals surface area contributed by atoms with Crippen molar-refractivity contribution in [3.8, 4) is 0 Å². The molecule has 0 aliphatic heterocycles.